The largest absolute Gasteiger partial charge is 0.309 e. The highest BCUT2D eigenvalue weighted by Gasteiger charge is 2.22. The highest BCUT2D eigenvalue weighted by atomic mass is 32.1. The fourth-order valence-electron chi connectivity index (χ4n) is 3.76. The second kappa shape index (κ2) is 5.21. The number of nitrogens with one attached hydrogen (secondary N) is 1. The number of aromatic nitrogens is 2. The Morgan fingerprint density at radius 3 is 3.14 bits per heavy atom. The minimum atomic E-state index is 0.0689. The summed E-state index contributed by atoms with van der Waals surface area (Å²) in [6.45, 7) is 5.31. The number of piperidine rings is 1. The van der Waals surface area contributed by atoms with Gasteiger partial charge in [0.05, 0.1) is 11.9 Å². The first-order valence-electron chi connectivity index (χ1n) is 7.96. The van der Waals surface area contributed by atoms with E-state index in [2.05, 4.69) is 16.8 Å². The second-order valence-electron chi connectivity index (χ2n) is 6.53. The Morgan fingerprint density at radius 1 is 1.38 bits per heavy atom. The van der Waals surface area contributed by atoms with Crippen LogP contribution in [0.15, 0.2) is 4.79 Å². The van der Waals surface area contributed by atoms with Crippen LogP contribution in [-0.2, 0) is 19.4 Å². The molecule has 2 aromatic rings. The van der Waals surface area contributed by atoms with Gasteiger partial charge < -0.3 is 4.98 Å². The van der Waals surface area contributed by atoms with Crippen molar-refractivity contribution in [3.05, 3.63) is 26.6 Å². The molecule has 0 aromatic carbocycles. The molecule has 1 fully saturated rings. The predicted molar refractivity (Wildman–Crippen MR) is 85.9 cm³/mol. The number of nitrogens with zero attached hydrogens (tertiary/aromatic N) is 2. The molecule has 1 N–H and O–H groups in total. The number of aromatic amines is 1. The van der Waals surface area contributed by atoms with Gasteiger partial charge in [-0.3, -0.25) is 9.69 Å². The first kappa shape index (κ1) is 13.5. The summed E-state index contributed by atoms with van der Waals surface area (Å²) >= 11 is 1.73. The van der Waals surface area contributed by atoms with Crippen LogP contribution in [0, 0.1) is 5.92 Å². The molecule has 3 heterocycles. The molecule has 1 atom stereocenters. The van der Waals surface area contributed by atoms with Gasteiger partial charge in [-0.25, -0.2) is 4.98 Å². The maximum Gasteiger partial charge on any atom is 0.259 e. The Morgan fingerprint density at radius 2 is 2.29 bits per heavy atom. The van der Waals surface area contributed by atoms with Crippen LogP contribution in [0.2, 0.25) is 0 Å². The average molecular weight is 303 g/mol. The minimum absolute atomic E-state index is 0.0689. The molecular formula is C16H21N3OS. The number of thiophene rings is 1. The first-order chi connectivity index (χ1) is 10.2. The van der Waals surface area contributed by atoms with Crippen LogP contribution in [0.4, 0.5) is 0 Å². The molecule has 1 unspecified atom stereocenters. The number of aryl methyl sites for hydroxylation is 2. The standard InChI is InChI=1S/C16H21N3OS/c1-10-4-3-7-19(8-10)9-13-17-15(20)14-11-5-2-6-12(11)21-16(14)18-13/h10H,2-9H2,1H3,(H,17,18,20). The van der Waals surface area contributed by atoms with Gasteiger partial charge >= 0.3 is 0 Å². The predicted octanol–water partition coefficient (Wildman–Crippen LogP) is 2.71. The van der Waals surface area contributed by atoms with Crippen molar-refractivity contribution in [2.75, 3.05) is 13.1 Å². The summed E-state index contributed by atoms with van der Waals surface area (Å²) in [7, 11) is 0. The molecule has 21 heavy (non-hydrogen) atoms. The first-order valence-corrected chi connectivity index (χ1v) is 8.78. The average Bonchev–Trinajstić information content (AvgIpc) is 2.98. The van der Waals surface area contributed by atoms with Gasteiger partial charge in [-0.05, 0) is 50.1 Å². The van der Waals surface area contributed by atoms with E-state index >= 15 is 0 Å². The lowest BCUT2D eigenvalue weighted by molar-refractivity contribution is 0.173. The van der Waals surface area contributed by atoms with E-state index in [0.717, 1.165) is 54.4 Å². The van der Waals surface area contributed by atoms with Crippen LogP contribution in [0.3, 0.4) is 0 Å². The van der Waals surface area contributed by atoms with Gasteiger partial charge in [0.2, 0.25) is 0 Å². The Kier molecular flexibility index (Phi) is 3.34. The molecule has 0 amide bonds. The summed E-state index contributed by atoms with van der Waals surface area (Å²) in [5, 5.41) is 0.864. The number of fused-ring (bicyclic) bond motifs is 3. The topological polar surface area (TPSA) is 49.0 Å². The number of hydrogen-bond donors (Lipinski definition) is 1. The van der Waals surface area contributed by atoms with E-state index in [9.17, 15) is 4.79 Å². The quantitative estimate of drug-likeness (QED) is 0.928. The van der Waals surface area contributed by atoms with Gasteiger partial charge in [0.25, 0.3) is 5.56 Å². The number of hydrogen-bond acceptors (Lipinski definition) is 4. The van der Waals surface area contributed by atoms with E-state index in [-0.39, 0.29) is 5.56 Å². The fourth-order valence-corrected chi connectivity index (χ4v) is 5.04. The van der Waals surface area contributed by atoms with Gasteiger partial charge in [0.15, 0.2) is 0 Å². The van der Waals surface area contributed by atoms with Gasteiger partial charge in [0, 0.05) is 11.4 Å². The van der Waals surface area contributed by atoms with Gasteiger partial charge in [-0.15, -0.1) is 11.3 Å². The molecule has 1 aliphatic heterocycles. The summed E-state index contributed by atoms with van der Waals surface area (Å²) in [5.74, 6) is 1.58. The fraction of sp³-hybridized carbons (Fsp3) is 0.625. The lowest BCUT2D eigenvalue weighted by Gasteiger charge is -2.30. The summed E-state index contributed by atoms with van der Waals surface area (Å²) in [5.41, 5.74) is 1.33. The minimum Gasteiger partial charge on any atom is -0.309 e. The molecule has 0 saturated carbocycles. The highest BCUT2D eigenvalue weighted by molar-refractivity contribution is 7.18. The third-order valence-corrected chi connectivity index (χ3v) is 5.92. The zero-order valence-electron chi connectivity index (χ0n) is 12.4. The molecule has 0 spiro atoms. The Hall–Kier alpha value is -1.20. The number of H-pyrrole nitrogens is 1. The monoisotopic (exact) mass is 303 g/mol. The van der Waals surface area contributed by atoms with E-state index in [4.69, 9.17) is 4.98 Å². The van der Waals surface area contributed by atoms with Crippen molar-refractivity contribution >= 4 is 21.6 Å². The van der Waals surface area contributed by atoms with Crippen molar-refractivity contribution in [2.45, 2.75) is 45.6 Å². The van der Waals surface area contributed by atoms with Crippen LogP contribution in [0.25, 0.3) is 10.2 Å². The molecule has 2 aliphatic rings. The van der Waals surface area contributed by atoms with Gasteiger partial charge in [0.1, 0.15) is 10.7 Å². The molecule has 4 nitrogen and oxygen atoms in total. The van der Waals surface area contributed by atoms with Crippen LogP contribution < -0.4 is 5.56 Å². The third-order valence-electron chi connectivity index (χ3n) is 4.74. The van der Waals surface area contributed by atoms with Crippen LogP contribution >= 0.6 is 11.3 Å². The third kappa shape index (κ3) is 2.42. The lowest BCUT2D eigenvalue weighted by Crippen LogP contribution is -2.34. The lowest BCUT2D eigenvalue weighted by atomic mass is 10.0. The molecule has 2 aromatic heterocycles. The Bertz CT molecular complexity index is 733. The van der Waals surface area contributed by atoms with E-state index in [1.807, 2.05) is 0 Å². The summed E-state index contributed by atoms with van der Waals surface area (Å²) in [6.07, 6.45) is 5.92. The smallest absolute Gasteiger partial charge is 0.259 e. The highest BCUT2D eigenvalue weighted by Crippen LogP contribution is 2.34. The van der Waals surface area contributed by atoms with Crippen molar-refractivity contribution in [2.24, 2.45) is 5.92 Å². The SMILES string of the molecule is CC1CCCN(Cc2nc3sc4c(c3c(=O)[nH]2)CCC4)C1. The van der Waals surface area contributed by atoms with Gasteiger partial charge in [-0.1, -0.05) is 6.92 Å². The van der Waals surface area contributed by atoms with Crippen molar-refractivity contribution < 1.29 is 0 Å². The summed E-state index contributed by atoms with van der Waals surface area (Å²) < 4.78 is 0. The van der Waals surface area contributed by atoms with Crippen LogP contribution in [0.1, 0.15) is 42.5 Å². The van der Waals surface area contributed by atoms with Crippen LogP contribution in [0.5, 0.6) is 0 Å². The number of rotatable bonds is 2. The molecule has 112 valence electrons. The zero-order valence-corrected chi connectivity index (χ0v) is 13.3. The summed E-state index contributed by atoms with van der Waals surface area (Å²) in [6, 6.07) is 0. The van der Waals surface area contributed by atoms with Crippen molar-refractivity contribution in [1.82, 2.24) is 14.9 Å². The molecule has 1 aliphatic carbocycles. The Labute approximate surface area is 128 Å². The second-order valence-corrected chi connectivity index (χ2v) is 7.62. The molecule has 0 bridgehead atoms. The van der Waals surface area contributed by atoms with Crippen LogP contribution in [-0.4, -0.2) is 28.0 Å². The zero-order chi connectivity index (χ0) is 14.4. The van der Waals surface area contributed by atoms with E-state index in [1.54, 1.807) is 11.3 Å². The molecule has 1 saturated heterocycles. The Balaban J connectivity index is 1.66. The van der Waals surface area contributed by atoms with E-state index < -0.39 is 0 Å². The van der Waals surface area contributed by atoms with Crippen molar-refractivity contribution in [1.29, 1.82) is 0 Å². The number of likely N-dealkylation sites (tertiary alicyclic amines) is 1. The van der Waals surface area contributed by atoms with Crippen molar-refractivity contribution in [3.8, 4) is 0 Å². The molecule has 4 rings (SSSR count). The van der Waals surface area contributed by atoms with E-state index in [1.165, 1.54) is 29.7 Å². The van der Waals surface area contributed by atoms with Gasteiger partial charge in [-0.2, -0.15) is 0 Å². The van der Waals surface area contributed by atoms with Crippen molar-refractivity contribution in [3.63, 3.8) is 0 Å². The normalized spacial score (nSPS) is 22.8. The molecular weight excluding hydrogens is 282 g/mol. The summed E-state index contributed by atoms with van der Waals surface area (Å²) in [4.78, 5) is 24.9. The molecule has 5 heteroatoms. The van der Waals surface area contributed by atoms with E-state index in [0.29, 0.717) is 0 Å². The maximum absolute atomic E-state index is 12.4. The molecule has 0 radical (unpaired) electrons. The maximum atomic E-state index is 12.4.